The lowest BCUT2D eigenvalue weighted by Crippen LogP contribution is -2.43. The summed E-state index contributed by atoms with van der Waals surface area (Å²) in [6.07, 6.45) is 0.930. The van der Waals surface area contributed by atoms with Crippen molar-refractivity contribution in [1.82, 2.24) is 9.88 Å². The third kappa shape index (κ3) is 4.79. The van der Waals surface area contributed by atoms with Crippen molar-refractivity contribution in [2.45, 2.75) is 32.4 Å². The van der Waals surface area contributed by atoms with E-state index in [1.807, 2.05) is 61.5 Å². The first-order valence-electron chi connectivity index (χ1n) is 11.3. The number of nitrogens with one attached hydrogen (secondary N) is 1. The molecule has 1 atom stereocenters. The van der Waals surface area contributed by atoms with Crippen LogP contribution in [0, 0.1) is 6.92 Å². The van der Waals surface area contributed by atoms with Crippen molar-refractivity contribution >= 4 is 39.2 Å². The summed E-state index contributed by atoms with van der Waals surface area (Å²) >= 11 is 1.68. The fourth-order valence-corrected chi connectivity index (χ4v) is 5.09. The van der Waals surface area contributed by atoms with Crippen LogP contribution in [0.2, 0.25) is 0 Å². The topological polar surface area (TPSA) is 71.5 Å². The number of aromatic nitrogens is 1. The lowest BCUT2D eigenvalue weighted by Gasteiger charge is -2.23. The van der Waals surface area contributed by atoms with E-state index in [2.05, 4.69) is 28.5 Å². The molecule has 0 spiro atoms. The van der Waals surface area contributed by atoms with E-state index >= 15 is 0 Å². The van der Waals surface area contributed by atoms with Crippen molar-refractivity contribution in [1.29, 1.82) is 0 Å². The monoisotopic (exact) mass is 471 g/mol. The smallest absolute Gasteiger partial charge is 0.410 e. The summed E-state index contributed by atoms with van der Waals surface area (Å²) in [6, 6.07) is 23.0. The number of aryl methyl sites for hydroxylation is 1. The number of anilines is 1. The molecule has 7 heteroatoms. The number of likely N-dealkylation sites (tertiary alicyclic amines) is 1. The van der Waals surface area contributed by atoms with Crippen LogP contribution in [-0.2, 0) is 16.1 Å². The van der Waals surface area contributed by atoms with Gasteiger partial charge in [0, 0.05) is 12.2 Å². The molecule has 2 heterocycles. The van der Waals surface area contributed by atoms with Gasteiger partial charge in [0.25, 0.3) is 0 Å². The number of thiazole rings is 1. The zero-order valence-corrected chi connectivity index (χ0v) is 19.7. The number of amides is 2. The van der Waals surface area contributed by atoms with E-state index in [-0.39, 0.29) is 12.5 Å². The molecule has 2 amide bonds. The molecule has 0 bridgehead atoms. The summed E-state index contributed by atoms with van der Waals surface area (Å²) in [6.45, 7) is 2.71. The van der Waals surface area contributed by atoms with Gasteiger partial charge in [-0.15, -0.1) is 11.3 Å². The predicted octanol–water partition coefficient (Wildman–Crippen LogP) is 6.01. The van der Waals surface area contributed by atoms with E-state index in [1.165, 1.54) is 4.90 Å². The minimum atomic E-state index is -0.540. The van der Waals surface area contributed by atoms with E-state index in [1.54, 1.807) is 11.3 Å². The van der Waals surface area contributed by atoms with Gasteiger partial charge in [0.2, 0.25) is 5.91 Å². The fraction of sp³-hybridized carbons (Fsp3) is 0.222. The Balaban J connectivity index is 1.26. The highest BCUT2D eigenvalue weighted by atomic mass is 32.1. The molecule has 1 saturated heterocycles. The highest BCUT2D eigenvalue weighted by Crippen LogP contribution is 2.29. The average Bonchev–Trinajstić information content (AvgIpc) is 3.49. The normalized spacial score (nSPS) is 15.4. The van der Waals surface area contributed by atoms with Gasteiger partial charge in [0.05, 0.1) is 15.2 Å². The molecule has 34 heavy (non-hydrogen) atoms. The molecule has 1 aliphatic rings. The van der Waals surface area contributed by atoms with E-state index < -0.39 is 12.1 Å². The highest BCUT2D eigenvalue weighted by molar-refractivity contribution is 7.18. The van der Waals surface area contributed by atoms with Gasteiger partial charge in [-0.25, -0.2) is 9.78 Å². The Morgan fingerprint density at radius 3 is 2.74 bits per heavy atom. The summed E-state index contributed by atoms with van der Waals surface area (Å²) in [4.78, 5) is 31.8. The van der Waals surface area contributed by atoms with Crippen molar-refractivity contribution in [3.05, 3.63) is 83.4 Å². The standard InChI is InChI=1S/C27H25N3O3S/c1-18-28-23-16-21(12-13-25(23)34-18)20-9-5-10-22(15-20)29-26(31)24-11-6-14-30(24)27(32)33-17-19-7-3-2-4-8-19/h2-5,7-10,12-13,15-16,24H,6,11,14,17H2,1H3,(H,29,31). The molecule has 0 saturated carbocycles. The molecule has 1 N–H and O–H groups in total. The summed E-state index contributed by atoms with van der Waals surface area (Å²) < 4.78 is 6.62. The number of benzene rings is 3. The third-order valence-electron chi connectivity index (χ3n) is 5.95. The Morgan fingerprint density at radius 1 is 1.06 bits per heavy atom. The van der Waals surface area contributed by atoms with Gasteiger partial charge in [-0.05, 0) is 60.7 Å². The van der Waals surface area contributed by atoms with E-state index in [4.69, 9.17) is 4.74 Å². The Morgan fingerprint density at radius 2 is 1.88 bits per heavy atom. The van der Waals surface area contributed by atoms with Gasteiger partial charge in [-0.2, -0.15) is 0 Å². The van der Waals surface area contributed by atoms with Crippen LogP contribution in [0.3, 0.4) is 0 Å². The summed E-state index contributed by atoms with van der Waals surface area (Å²) in [7, 11) is 0. The number of rotatable bonds is 5. The molecule has 3 aromatic carbocycles. The van der Waals surface area contributed by atoms with E-state index in [0.717, 1.165) is 38.3 Å². The maximum Gasteiger partial charge on any atom is 0.410 e. The maximum atomic E-state index is 13.1. The van der Waals surface area contributed by atoms with Gasteiger partial charge in [-0.3, -0.25) is 9.69 Å². The van der Waals surface area contributed by atoms with E-state index in [9.17, 15) is 9.59 Å². The van der Waals surface area contributed by atoms with Gasteiger partial charge in [-0.1, -0.05) is 48.5 Å². The first-order valence-corrected chi connectivity index (χ1v) is 12.1. The Bertz CT molecular complexity index is 1340. The minimum Gasteiger partial charge on any atom is -0.445 e. The molecule has 0 aliphatic carbocycles. The first kappa shape index (κ1) is 22.1. The second kappa shape index (κ2) is 9.65. The van der Waals surface area contributed by atoms with Crippen LogP contribution in [0.1, 0.15) is 23.4 Å². The number of ether oxygens (including phenoxy) is 1. The Hall–Kier alpha value is -3.71. The van der Waals surface area contributed by atoms with Crippen LogP contribution in [-0.4, -0.2) is 34.5 Å². The lowest BCUT2D eigenvalue weighted by molar-refractivity contribution is -0.120. The van der Waals surface area contributed by atoms with Crippen molar-refractivity contribution < 1.29 is 14.3 Å². The molecular weight excluding hydrogens is 446 g/mol. The van der Waals surface area contributed by atoms with Crippen LogP contribution >= 0.6 is 11.3 Å². The quantitative estimate of drug-likeness (QED) is 0.387. The molecule has 5 rings (SSSR count). The number of hydrogen-bond donors (Lipinski definition) is 1. The van der Waals surface area contributed by atoms with Crippen LogP contribution in [0.25, 0.3) is 21.3 Å². The molecule has 1 aromatic heterocycles. The summed E-state index contributed by atoms with van der Waals surface area (Å²) in [5.41, 5.74) is 4.63. The Labute approximate surface area is 202 Å². The van der Waals surface area contributed by atoms with Crippen LogP contribution in [0.15, 0.2) is 72.8 Å². The molecule has 1 fully saturated rings. The average molecular weight is 472 g/mol. The highest BCUT2D eigenvalue weighted by Gasteiger charge is 2.35. The van der Waals surface area contributed by atoms with Crippen molar-refractivity contribution in [3.8, 4) is 11.1 Å². The Kier molecular flexibility index (Phi) is 6.27. The molecule has 172 valence electrons. The molecule has 6 nitrogen and oxygen atoms in total. The first-order chi connectivity index (χ1) is 16.6. The van der Waals surface area contributed by atoms with Crippen LogP contribution in [0.4, 0.5) is 10.5 Å². The fourth-order valence-electron chi connectivity index (χ4n) is 4.28. The SMILES string of the molecule is Cc1nc2cc(-c3cccc(NC(=O)C4CCCN4C(=O)OCc4ccccc4)c3)ccc2s1. The predicted molar refractivity (Wildman–Crippen MR) is 135 cm³/mol. The lowest BCUT2D eigenvalue weighted by atomic mass is 10.0. The number of carbonyl (C=O) groups is 2. The molecule has 0 radical (unpaired) electrons. The van der Waals surface area contributed by atoms with Crippen LogP contribution in [0.5, 0.6) is 0 Å². The van der Waals surface area contributed by atoms with Gasteiger partial charge >= 0.3 is 6.09 Å². The van der Waals surface area contributed by atoms with Gasteiger partial charge in [0.1, 0.15) is 12.6 Å². The zero-order valence-electron chi connectivity index (χ0n) is 18.9. The number of carbonyl (C=O) groups excluding carboxylic acids is 2. The molecule has 4 aromatic rings. The second-order valence-electron chi connectivity index (χ2n) is 8.38. The zero-order chi connectivity index (χ0) is 23.5. The largest absolute Gasteiger partial charge is 0.445 e. The van der Waals surface area contributed by atoms with Gasteiger partial charge in [0.15, 0.2) is 0 Å². The number of nitrogens with zero attached hydrogens (tertiary/aromatic N) is 2. The molecule has 1 unspecified atom stereocenters. The van der Waals surface area contributed by atoms with Crippen molar-refractivity contribution in [3.63, 3.8) is 0 Å². The van der Waals surface area contributed by atoms with Crippen molar-refractivity contribution in [2.24, 2.45) is 0 Å². The number of hydrogen-bond acceptors (Lipinski definition) is 5. The second-order valence-corrected chi connectivity index (χ2v) is 9.61. The maximum absolute atomic E-state index is 13.1. The summed E-state index contributed by atoms with van der Waals surface area (Å²) in [5, 5.41) is 4.03. The van der Waals surface area contributed by atoms with Crippen molar-refractivity contribution in [2.75, 3.05) is 11.9 Å². The minimum absolute atomic E-state index is 0.190. The molecular formula is C27H25N3O3S. The number of fused-ring (bicyclic) bond motifs is 1. The summed E-state index contributed by atoms with van der Waals surface area (Å²) in [5.74, 6) is -0.197. The van der Waals surface area contributed by atoms with Gasteiger partial charge < -0.3 is 10.1 Å². The third-order valence-corrected chi connectivity index (χ3v) is 6.90. The van der Waals surface area contributed by atoms with E-state index in [0.29, 0.717) is 18.7 Å². The van der Waals surface area contributed by atoms with Crippen LogP contribution < -0.4 is 5.32 Å². The molecule has 1 aliphatic heterocycles.